The Morgan fingerprint density at radius 1 is 1.16 bits per heavy atom. The number of hydrogen-bond acceptors (Lipinski definition) is 3. The van der Waals surface area contributed by atoms with Crippen molar-refractivity contribution in [2.45, 2.75) is 24.6 Å². The van der Waals surface area contributed by atoms with Gasteiger partial charge in [-0.1, -0.05) is 23.7 Å². The number of likely N-dealkylation sites (tertiary alicyclic amines) is 1. The van der Waals surface area contributed by atoms with Crippen molar-refractivity contribution in [3.05, 3.63) is 58.9 Å². The van der Waals surface area contributed by atoms with Gasteiger partial charge in [-0.3, -0.25) is 4.90 Å². The molecule has 1 aromatic heterocycles. The first-order valence-corrected chi connectivity index (χ1v) is 10.5. The van der Waals surface area contributed by atoms with Gasteiger partial charge >= 0.3 is 0 Å². The fraction of sp³-hybridized carbons (Fsp3) is 0.444. The quantitative estimate of drug-likeness (QED) is 0.802. The molecule has 1 saturated heterocycles. The number of halogens is 1. The first kappa shape index (κ1) is 18.5. The SMILES string of the molecule is Cn1cccc1C(CNS(=O)(=O)Cc1ccc(Cl)cc1)N1CCCC1. The van der Waals surface area contributed by atoms with E-state index in [9.17, 15) is 8.42 Å². The first-order chi connectivity index (χ1) is 11.9. The van der Waals surface area contributed by atoms with Gasteiger partial charge in [0.25, 0.3) is 0 Å². The molecular formula is C18H24ClN3O2S. The molecule has 1 aliphatic rings. The van der Waals surface area contributed by atoms with E-state index >= 15 is 0 Å². The lowest BCUT2D eigenvalue weighted by Crippen LogP contribution is -2.38. The van der Waals surface area contributed by atoms with Crippen LogP contribution in [0.25, 0.3) is 0 Å². The van der Waals surface area contributed by atoms with E-state index in [1.54, 1.807) is 24.3 Å². The number of nitrogens with zero attached hydrogens (tertiary/aromatic N) is 2. The second-order valence-electron chi connectivity index (χ2n) is 6.54. The Morgan fingerprint density at radius 2 is 1.84 bits per heavy atom. The maximum absolute atomic E-state index is 12.5. The molecule has 1 unspecified atom stereocenters. The molecule has 0 spiro atoms. The fourth-order valence-electron chi connectivity index (χ4n) is 3.35. The predicted octanol–water partition coefficient (Wildman–Crippen LogP) is 2.94. The molecule has 136 valence electrons. The summed E-state index contributed by atoms with van der Waals surface area (Å²) in [6.45, 7) is 2.40. The Hall–Kier alpha value is -1.34. The molecule has 2 heterocycles. The minimum absolute atomic E-state index is 0.0377. The summed E-state index contributed by atoms with van der Waals surface area (Å²) in [5.41, 5.74) is 1.87. The summed E-state index contributed by atoms with van der Waals surface area (Å²) in [7, 11) is -1.40. The molecule has 0 saturated carbocycles. The van der Waals surface area contributed by atoms with E-state index in [1.165, 1.54) is 12.8 Å². The molecule has 1 atom stereocenters. The van der Waals surface area contributed by atoms with Crippen molar-refractivity contribution >= 4 is 21.6 Å². The molecule has 1 fully saturated rings. The molecule has 0 radical (unpaired) electrons. The zero-order chi connectivity index (χ0) is 17.9. The van der Waals surface area contributed by atoms with Gasteiger partial charge in [-0.05, 0) is 55.8 Å². The lowest BCUT2D eigenvalue weighted by Gasteiger charge is -2.28. The Morgan fingerprint density at radius 3 is 2.44 bits per heavy atom. The lowest BCUT2D eigenvalue weighted by atomic mass is 10.2. The third-order valence-electron chi connectivity index (χ3n) is 4.67. The van der Waals surface area contributed by atoms with Gasteiger partial charge in [0, 0.05) is 30.5 Å². The van der Waals surface area contributed by atoms with Crippen molar-refractivity contribution < 1.29 is 8.42 Å². The summed E-state index contributed by atoms with van der Waals surface area (Å²) >= 11 is 5.86. The summed E-state index contributed by atoms with van der Waals surface area (Å²) in [4.78, 5) is 2.36. The molecule has 7 heteroatoms. The van der Waals surface area contributed by atoms with E-state index in [-0.39, 0.29) is 11.8 Å². The predicted molar refractivity (Wildman–Crippen MR) is 101 cm³/mol. The third-order valence-corrected chi connectivity index (χ3v) is 6.25. The van der Waals surface area contributed by atoms with E-state index in [0.717, 1.165) is 24.3 Å². The van der Waals surface area contributed by atoms with Crippen LogP contribution in [0.3, 0.4) is 0 Å². The van der Waals surface area contributed by atoms with E-state index in [0.29, 0.717) is 11.6 Å². The zero-order valence-electron chi connectivity index (χ0n) is 14.4. The van der Waals surface area contributed by atoms with Crippen molar-refractivity contribution in [3.63, 3.8) is 0 Å². The standard InChI is InChI=1S/C18H24ClN3O2S/c1-21-10-4-5-17(21)18(22-11-2-3-12-22)13-20-25(23,24)14-15-6-8-16(19)9-7-15/h4-10,18,20H,2-3,11-14H2,1H3. The van der Waals surface area contributed by atoms with Gasteiger partial charge in [0.05, 0.1) is 11.8 Å². The van der Waals surface area contributed by atoms with Crippen LogP contribution in [0, 0.1) is 0 Å². The van der Waals surface area contributed by atoms with E-state index in [2.05, 4.69) is 20.3 Å². The van der Waals surface area contributed by atoms with Crippen molar-refractivity contribution in [3.8, 4) is 0 Å². The Balaban J connectivity index is 1.69. The zero-order valence-corrected chi connectivity index (χ0v) is 15.9. The third kappa shape index (κ3) is 4.85. The molecule has 25 heavy (non-hydrogen) atoms. The largest absolute Gasteiger partial charge is 0.353 e. The minimum atomic E-state index is -3.41. The highest BCUT2D eigenvalue weighted by atomic mass is 35.5. The van der Waals surface area contributed by atoms with Crippen LogP contribution in [0.4, 0.5) is 0 Å². The number of nitrogens with one attached hydrogen (secondary N) is 1. The van der Waals surface area contributed by atoms with Gasteiger partial charge in [0.1, 0.15) is 0 Å². The van der Waals surface area contributed by atoms with Crippen LogP contribution in [-0.4, -0.2) is 37.5 Å². The van der Waals surface area contributed by atoms with Gasteiger partial charge in [0.15, 0.2) is 0 Å². The van der Waals surface area contributed by atoms with Gasteiger partial charge in [0.2, 0.25) is 10.0 Å². The van der Waals surface area contributed by atoms with E-state index < -0.39 is 10.0 Å². The summed E-state index contributed by atoms with van der Waals surface area (Å²) < 4.78 is 29.8. The van der Waals surface area contributed by atoms with Crippen LogP contribution < -0.4 is 4.72 Å². The lowest BCUT2D eigenvalue weighted by molar-refractivity contribution is 0.238. The molecule has 1 aromatic carbocycles. The van der Waals surface area contributed by atoms with Crippen LogP contribution >= 0.6 is 11.6 Å². The number of hydrogen-bond donors (Lipinski definition) is 1. The van der Waals surface area contributed by atoms with E-state index in [1.807, 2.05) is 19.3 Å². The van der Waals surface area contributed by atoms with Crippen LogP contribution in [-0.2, 0) is 22.8 Å². The van der Waals surface area contributed by atoms with Crippen LogP contribution in [0.5, 0.6) is 0 Å². The van der Waals surface area contributed by atoms with Gasteiger partial charge in [-0.2, -0.15) is 0 Å². The van der Waals surface area contributed by atoms with Crippen LogP contribution in [0.1, 0.15) is 30.1 Å². The highest BCUT2D eigenvalue weighted by molar-refractivity contribution is 7.88. The normalized spacial score (nSPS) is 17.0. The maximum Gasteiger partial charge on any atom is 0.215 e. The van der Waals surface area contributed by atoms with Gasteiger partial charge in [-0.25, -0.2) is 13.1 Å². The molecule has 0 bridgehead atoms. The maximum atomic E-state index is 12.5. The number of sulfonamides is 1. The van der Waals surface area contributed by atoms with Crippen molar-refractivity contribution in [2.75, 3.05) is 19.6 Å². The Labute approximate surface area is 154 Å². The average molecular weight is 382 g/mol. The summed E-state index contributed by atoms with van der Waals surface area (Å²) in [6.07, 6.45) is 4.33. The topological polar surface area (TPSA) is 54.3 Å². The number of benzene rings is 1. The summed E-state index contributed by atoms with van der Waals surface area (Å²) in [5.74, 6) is -0.0377. The first-order valence-electron chi connectivity index (χ1n) is 8.52. The van der Waals surface area contributed by atoms with Crippen molar-refractivity contribution in [1.82, 2.24) is 14.2 Å². The fourth-order valence-corrected chi connectivity index (χ4v) is 4.62. The molecule has 1 N–H and O–H groups in total. The van der Waals surface area contributed by atoms with Crippen molar-refractivity contribution in [1.29, 1.82) is 0 Å². The molecular weight excluding hydrogens is 358 g/mol. The highest BCUT2D eigenvalue weighted by Crippen LogP contribution is 2.25. The van der Waals surface area contributed by atoms with E-state index in [4.69, 9.17) is 11.6 Å². The van der Waals surface area contributed by atoms with Gasteiger partial charge in [-0.15, -0.1) is 0 Å². The molecule has 3 rings (SSSR count). The smallest absolute Gasteiger partial charge is 0.215 e. The Bertz CT molecular complexity index is 796. The van der Waals surface area contributed by atoms with Crippen molar-refractivity contribution in [2.24, 2.45) is 7.05 Å². The second kappa shape index (κ2) is 7.91. The number of aryl methyl sites for hydroxylation is 1. The van der Waals surface area contributed by atoms with Crippen LogP contribution in [0.15, 0.2) is 42.6 Å². The minimum Gasteiger partial charge on any atom is -0.353 e. The number of aromatic nitrogens is 1. The van der Waals surface area contributed by atoms with Gasteiger partial charge < -0.3 is 4.57 Å². The summed E-state index contributed by atoms with van der Waals surface area (Å²) in [6, 6.07) is 11.0. The molecule has 2 aromatic rings. The number of rotatable bonds is 7. The monoisotopic (exact) mass is 381 g/mol. The molecule has 0 amide bonds. The highest BCUT2D eigenvalue weighted by Gasteiger charge is 2.26. The molecule has 0 aliphatic carbocycles. The Kier molecular flexibility index (Phi) is 5.84. The van der Waals surface area contributed by atoms with Crippen LogP contribution in [0.2, 0.25) is 5.02 Å². The summed E-state index contributed by atoms with van der Waals surface area (Å²) in [5, 5.41) is 0.604. The molecule has 1 aliphatic heterocycles. The average Bonchev–Trinajstić information content (AvgIpc) is 3.23. The second-order valence-corrected chi connectivity index (χ2v) is 8.78. The molecule has 5 nitrogen and oxygen atoms in total.